The molecular weight excluding hydrogens is 415 g/mol. The summed E-state index contributed by atoms with van der Waals surface area (Å²) in [5.74, 6) is 0.488. The van der Waals surface area contributed by atoms with Crippen LogP contribution in [0.15, 0.2) is 16.6 Å². The fraction of sp³-hybridized carbons (Fsp3) is 0.588. The van der Waals surface area contributed by atoms with Crippen LogP contribution in [0.3, 0.4) is 0 Å². The van der Waals surface area contributed by atoms with E-state index in [1.54, 1.807) is 4.90 Å². The summed E-state index contributed by atoms with van der Waals surface area (Å²) in [4.78, 5) is 13.8. The van der Waals surface area contributed by atoms with Crippen LogP contribution in [0, 0.1) is 5.92 Å². The van der Waals surface area contributed by atoms with Gasteiger partial charge in [-0.3, -0.25) is 0 Å². The first-order valence-corrected chi connectivity index (χ1v) is 9.57. The molecule has 1 aliphatic heterocycles. The fourth-order valence-corrected chi connectivity index (χ4v) is 3.40. The number of ether oxygens (including phenoxy) is 1. The number of piperidine rings is 1. The third-order valence-electron chi connectivity index (χ3n) is 3.88. The van der Waals surface area contributed by atoms with E-state index in [1.165, 1.54) is 0 Å². The van der Waals surface area contributed by atoms with Crippen LogP contribution in [-0.4, -0.2) is 36.2 Å². The molecule has 0 aliphatic carbocycles. The molecule has 1 heterocycles. The first-order valence-electron chi connectivity index (χ1n) is 8.02. The van der Waals surface area contributed by atoms with Gasteiger partial charge >= 0.3 is 6.09 Å². The van der Waals surface area contributed by atoms with Gasteiger partial charge in [0.1, 0.15) is 5.60 Å². The Morgan fingerprint density at radius 3 is 2.50 bits per heavy atom. The SMILES string of the molecule is CC(C)(C)OC(=O)N1CCC(CNc2ccc(Br)c(Cl)c2Cl)CC1. The van der Waals surface area contributed by atoms with Crippen molar-refractivity contribution in [3.63, 3.8) is 0 Å². The Labute approximate surface area is 161 Å². The minimum absolute atomic E-state index is 0.225. The van der Waals surface area contributed by atoms with Gasteiger partial charge < -0.3 is 15.0 Å². The molecule has 0 aromatic heterocycles. The molecular formula is C17H23BrCl2N2O2. The predicted octanol–water partition coefficient (Wildman–Crippen LogP) is 5.81. The van der Waals surface area contributed by atoms with Crippen molar-refractivity contribution in [2.75, 3.05) is 25.0 Å². The second-order valence-corrected chi connectivity index (χ2v) is 8.62. The van der Waals surface area contributed by atoms with Gasteiger partial charge in [-0.2, -0.15) is 0 Å². The van der Waals surface area contributed by atoms with E-state index in [2.05, 4.69) is 21.2 Å². The number of carbonyl (C=O) groups is 1. The molecule has 0 unspecified atom stereocenters. The highest BCUT2D eigenvalue weighted by Gasteiger charge is 2.26. The number of amides is 1. The Morgan fingerprint density at radius 2 is 1.92 bits per heavy atom. The number of rotatable bonds is 3. The minimum Gasteiger partial charge on any atom is -0.444 e. The van der Waals surface area contributed by atoms with E-state index in [9.17, 15) is 4.79 Å². The second-order valence-electron chi connectivity index (χ2n) is 7.01. The van der Waals surface area contributed by atoms with Crippen LogP contribution in [0.4, 0.5) is 10.5 Å². The van der Waals surface area contributed by atoms with Crippen molar-refractivity contribution in [3.05, 3.63) is 26.7 Å². The molecule has 1 saturated heterocycles. The summed E-state index contributed by atoms with van der Waals surface area (Å²) < 4.78 is 6.20. The van der Waals surface area contributed by atoms with E-state index >= 15 is 0 Å². The number of benzene rings is 1. The van der Waals surface area contributed by atoms with Crippen molar-refractivity contribution in [2.45, 2.75) is 39.2 Å². The number of nitrogens with zero attached hydrogens (tertiary/aromatic N) is 1. The van der Waals surface area contributed by atoms with Crippen LogP contribution >= 0.6 is 39.1 Å². The molecule has 0 spiro atoms. The van der Waals surface area contributed by atoms with Gasteiger partial charge in [0.2, 0.25) is 0 Å². The van der Waals surface area contributed by atoms with Crippen molar-refractivity contribution in [2.24, 2.45) is 5.92 Å². The van der Waals surface area contributed by atoms with E-state index in [-0.39, 0.29) is 6.09 Å². The molecule has 7 heteroatoms. The number of carbonyl (C=O) groups excluding carboxylic acids is 1. The molecule has 0 bridgehead atoms. The highest BCUT2D eigenvalue weighted by molar-refractivity contribution is 9.10. The summed E-state index contributed by atoms with van der Waals surface area (Å²) in [6.07, 6.45) is 1.65. The van der Waals surface area contributed by atoms with Gasteiger partial charge in [0, 0.05) is 24.1 Å². The predicted molar refractivity (Wildman–Crippen MR) is 103 cm³/mol. The summed E-state index contributed by atoms with van der Waals surface area (Å²) in [5.41, 5.74) is 0.382. The van der Waals surface area contributed by atoms with Gasteiger partial charge in [-0.1, -0.05) is 23.2 Å². The molecule has 1 amide bonds. The number of hydrogen-bond donors (Lipinski definition) is 1. The van der Waals surface area contributed by atoms with E-state index in [4.69, 9.17) is 27.9 Å². The third kappa shape index (κ3) is 5.43. The van der Waals surface area contributed by atoms with Crippen molar-refractivity contribution in [3.8, 4) is 0 Å². The zero-order valence-corrected chi connectivity index (χ0v) is 17.3. The van der Waals surface area contributed by atoms with Gasteiger partial charge in [0.15, 0.2) is 0 Å². The van der Waals surface area contributed by atoms with E-state index in [1.807, 2.05) is 32.9 Å². The lowest BCUT2D eigenvalue weighted by molar-refractivity contribution is 0.0188. The lowest BCUT2D eigenvalue weighted by atomic mass is 9.97. The van der Waals surface area contributed by atoms with Crippen molar-refractivity contribution in [1.82, 2.24) is 4.90 Å². The maximum Gasteiger partial charge on any atom is 0.410 e. The van der Waals surface area contributed by atoms with Crippen molar-refractivity contribution < 1.29 is 9.53 Å². The average molecular weight is 438 g/mol. The molecule has 24 heavy (non-hydrogen) atoms. The van der Waals surface area contributed by atoms with Crippen molar-refractivity contribution >= 4 is 50.9 Å². The Hall–Kier alpha value is -0.650. The van der Waals surface area contributed by atoms with E-state index in [0.717, 1.165) is 42.6 Å². The molecule has 2 rings (SSSR count). The molecule has 1 aromatic rings. The molecule has 1 aromatic carbocycles. The maximum absolute atomic E-state index is 12.1. The van der Waals surface area contributed by atoms with E-state index in [0.29, 0.717) is 16.0 Å². The normalized spacial score (nSPS) is 16.2. The number of halogens is 3. The molecule has 1 N–H and O–H groups in total. The van der Waals surface area contributed by atoms with Gasteiger partial charge in [-0.25, -0.2) is 4.79 Å². The Bertz CT molecular complexity index is 597. The highest BCUT2D eigenvalue weighted by atomic mass is 79.9. The van der Waals surface area contributed by atoms with Gasteiger partial charge in [0.25, 0.3) is 0 Å². The van der Waals surface area contributed by atoms with Crippen molar-refractivity contribution in [1.29, 1.82) is 0 Å². The fourth-order valence-electron chi connectivity index (χ4n) is 2.56. The molecule has 4 nitrogen and oxygen atoms in total. The Balaban J connectivity index is 1.82. The maximum atomic E-state index is 12.1. The topological polar surface area (TPSA) is 41.6 Å². The summed E-state index contributed by atoms with van der Waals surface area (Å²) in [6.45, 7) is 7.89. The molecule has 0 atom stereocenters. The van der Waals surface area contributed by atoms with Crippen LogP contribution in [0.1, 0.15) is 33.6 Å². The first-order chi connectivity index (χ1) is 11.2. The Morgan fingerprint density at radius 1 is 1.29 bits per heavy atom. The van der Waals surface area contributed by atoms with Gasteiger partial charge in [0.05, 0.1) is 15.7 Å². The number of anilines is 1. The lowest BCUT2D eigenvalue weighted by Gasteiger charge is -2.33. The number of hydrogen-bond acceptors (Lipinski definition) is 3. The highest BCUT2D eigenvalue weighted by Crippen LogP contribution is 2.36. The van der Waals surface area contributed by atoms with Crippen LogP contribution in [0.5, 0.6) is 0 Å². The van der Waals surface area contributed by atoms with Crippen LogP contribution in [-0.2, 0) is 4.74 Å². The standard InChI is InChI=1S/C17H23BrCl2N2O2/c1-17(2,3)24-16(23)22-8-6-11(7-9-22)10-21-13-5-4-12(18)14(19)15(13)20/h4-5,11,21H,6-10H2,1-3H3. The van der Waals surface area contributed by atoms with Crippen LogP contribution < -0.4 is 5.32 Å². The zero-order chi connectivity index (χ0) is 17.9. The molecule has 0 radical (unpaired) electrons. The second kappa shape index (κ2) is 8.15. The van der Waals surface area contributed by atoms with Gasteiger partial charge in [-0.05, 0) is 67.6 Å². The number of nitrogens with one attached hydrogen (secondary N) is 1. The zero-order valence-electron chi connectivity index (χ0n) is 14.2. The summed E-state index contributed by atoms with van der Waals surface area (Å²) in [7, 11) is 0. The molecule has 1 fully saturated rings. The quantitative estimate of drug-likeness (QED) is 0.606. The number of likely N-dealkylation sites (tertiary alicyclic amines) is 1. The monoisotopic (exact) mass is 436 g/mol. The largest absolute Gasteiger partial charge is 0.444 e. The van der Waals surface area contributed by atoms with Crippen LogP contribution in [0.2, 0.25) is 10.0 Å². The summed E-state index contributed by atoms with van der Waals surface area (Å²) in [6, 6.07) is 3.79. The molecule has 1 aliphatic rings. The lowest BCUT2D eigenvalue weighted by Crippen LogP contribution is -2.42. The molecule has 134 valence electrons. The van der Waals surface area contributed by atoms with Crippen LogP contribution in [0.25, 0.3) is 0 Å². The average Bonchev–Trinajstić information content (AvgIpc) is 2.51. The minimum atomic E-state index is -0.451. The van der Waals surface area contributed by atoms with Gasteiger partial charge in [-0.15, -0.1) is 0 Å². The summed E-state index contributed by atoms with van der Waals surface area (Å²) in [5, 5.41) is 4.40. The third-order valence-corrected chi connectivity index (χ3v) is 5.65. The Kier molecular flexibility index (Phi) is 6.68. The summed E-state index contributed by atoms with van der Waals surface area (Å²) >= 11 is 15.7. The molecule has 0 saturated carbocycles. The smallest absolute Gasteiger partial charge is 0.410 e. The first kappa shape index (κ1) is 19.7. The van der Waals surface area contributed by atoms with E-state index < -0.39 is 5.60 Å².